The van der Waals surface area contributed by atoms with Gasteiger partial charge in [0, 0.05) is 5.92 Å². The van der Waals surface area contributed by atoms with E-state index in [4.69, 9.17) is 0 Å². The molecule has 0 atom stereocenters. The molecule has 0 aliphatic heterocycles. The summed E-state index contributed by atoms with van der Waals surface area (Å²) < 4.78 is 0. The average Bonchev–Trinajstić information content (AvgIpc) is 3.35. The van der Waals surface area contributed by atoms with E-state index in [1.54, 1.807) is 0 Å². The number of rotatable bonds is 3. The summed E-state index contributed by atoms with van der Waals surface area (Å²) in [5.41, 5.74) is 3.11. The Balaban J connectivity index is 0.000000293. The van der Waals surface area contributed by atoms with Gasteiger partial charge in [-0.1, -0.05) is 97.1 Å². The van der Waals surface area contributed by atoms with Crippen molar-refractivity contribution in [2.75, 3.05) is 0 Å². The van der Waals surface area contributed by atoms with Gasteiger partial charge in [-0.25, -0.2) is 0 Å². The number of halogens is 2. The van der Waals surface area contributed by atoms with Crippen molar-refractivity contribution < 1.29 is 51.6 Å². The average molecular weight is 494 g/mol. The number of aliphatic hydroxyl groups excluding tert-OH is 1. The van der Waals surface area contributed by atoms with E-state index >= 15 is 0 Å². The van der Waals surface area contributed by atoms with Crippen molar-refractivity contribution in [2.45, 2.75) is 12.0 Å². The molecule has 0 heterocycles. The Kier molecular flexibility index (Phi) is 12.3. The summed E-state index contributed by atoms with van der Waals surface area (Å²) in [4.78, 5) is 0. The van der Waals surface area contributed by atoms with Crippen LogP contribution in [0.5, 0.6) is 0 Å². The second-order valence-electron chi connectivity index (χ2n) is 7.02. The summed E-state index contributed by atoms with van der Waals surface area (Å²) in [6.07, 6.45) is 8.06. The minimum atomic E-state index is -0.516. The van der Waals surface area contributed by atoms with Gasteiger partial charge in [-0.3, -0.25) is 0 Å². The molecule has 1 N–H and O–H groups in total. The van der Waals surface area contributed by atoms with Crippen LogP contribution in [-0.4, -0.2) is 5.11 Å². The van der Waals surface area contributed by atoms with Crippen molar-refractivity contribution in [3.8, 4) is 0 Å². The molecule has 4 aromatic rings. The fraction of sp³-hybridized carbons (Fsp3) is 0.0714. The van der Waals surface area contributed by atoms with Crippen LogP contribution in [0.25, 0.3) is 10.8 Å². The van der Waals surface area contributed by atoms with Gasteiger partial charge in [0.2, 0.25) is 0 Å². The first-order valence-electron chi connectivity index (χ1n) is 9.85. The van der Waals surface area contributed by atoms with Gasteiger partial charge in [-0.05, 0) is 11.1 Å². The Morgan fingerprint density at radius 2 is 1.12 bits per heavy atom. The third-order valence-electron chi connectivity index (χ3n) is 5.02. The van der Waals surface area contributed by atoms with Gasteiger partial charge in [0.05, 0.1) is 0 Å². The molecule has 0 spiro atoms. The molecule has 0 fully saturated rings. The Bertz CT molecular complexity index is 1080. The fourth-order valence-corrected chi connectivity index (χ4v) is 3.43. The molecule has 1 aliphatic carbocycles. The first-order chi connectivity index (χ1) is 14.3. The monoisotopic (exact) mass is 493 g/mol. The molecule has 1 radical (unpaired) electrons. The molecule has 4 heteroatoms. The van der Waals surface area contributed by atoms with Crippen molar-refractivity contribution in [1.29, 1.82) is 0 Å². The molecule has 1 nitrogen and oxygen atoms in total. The Hall–Kier alpha value is -2.13. The van der Waals surface area contributed by atoms with Gasteiger partial charge in [-0.15, -0.1) is 46.7 Å². The molecule has 1 aliphatic rings. The van der Waals surface area contributed by atoms with Crippen LogP contribution in [0.15, 0.2) is 121 Å². The fourth-order valence-electron chi connectivity index (χ4n) is 3.43. The molecule has 0 bridgehead atoms. The van der Waals surface area contributed by atoms with E-state index in [-0.39, 0.29) is 46.5 Å². The first-order valence-corrected chi connectivity index (χ1v) is 9.85. The van der Waals surface area contributed by atoms with E-state index in [1.807, 2.05) is 60.7 Å². The van der Waals surface area contributed by atoms with E-state index in [2.05, 4.69) is 66.8 Å². The molecule has 159 valence electrons. The maximum Gasteiger partial charge on any atom is 3.00 e. The van der Waals surface area contributed by atoms with Gasteiger partial charge in [0.1, 0.15) is 6.10 Å². The van der Waals surface area contributed by atoms with Crippen molar-refractivity contribution >= 4 is 10.8 Å². The SMILES string of the molecule is OC(c1ccccc1)c1ccccc1.[Cl-].[Cl-].[Ti+3].[c-]1c(C2C=CC=C2)ccc2ccccc12. The van der Waals surface area contributed by atoms with E-state index in [0.717, 1.165) is 11.1 Å². The van der Waals surface area contributed by atoms with Crippen LogP contribution in [0.4, 0.5) is 0 Å². The number of hydrogen-bond acceptors (Lipinski definition) is 1. The van der Waals surface area contributed by atoms with E-state index in [0.29, 0.717) is 5.92 Å². The summed E-state index contributed by atoms with van der Waals surface area (Å²) in [6, 6.07) is 35.5. The number of allylic oxidation sites excluding steroid dienone is 4. The summed E-state index contributed by atoms with van der Waals surface area (Å²) in [5.74, 6) is 0.412. The van der Waals surface area contributed by atoms with Crippen LogP contribution in [-0.2, 0) is 21.7 Å². The third kappa shape index (κ3) is 7.20. The predicted octanol–water partition coefficient (Wildman–Crippen LogP) is 0.623. The molecule has 0 saturated carbocycles. The molecule has 4 aromatic carbocycles. The minimum absolute atomic E-state index is 0. The van der Waals surface area contributed by atoms with Gasteiger partial charge in [0.25, 0.3) is 0 Å². The van der Waals surface area contributed by atoms with Gasteiger partial charge < -0.3 is 29.9 Å². The summed E-state index contributed by atoms with van der Waals surface area (Å²) >= 11 is 0. The normalized spacial score (nSPS) is 11.7. The summed E-state index contributed by atoms with van der Waals surface area (Å²) in [5, 5.41) is 12.4. The quantitative estimate of drug-likeness (QED) is 0.328. The number of fused-ring (bicyclic) bond motifs is 1. The van der Waals surface area contributed by atoms with Crippen molar-refractivity contribution in [1.82, 2.24) is 0 Å². The van der Waals surface area contributed by atoms with Crippen LogP contribution in [0.2, 0.25) is 0 Å². The van der Waals surface area contributed by atoms with Crippen molar-refractivity contribution in [3.63, 3.8) is 0 Å². The van der Waals surface area contributed by atoms with Crippen LogP contribution in [0.3, 0.4) is 0 Å². The molecular weight excluding hydrogens is 471 g/mol. The largest absolute Gasteiger partial charge is 3.00 e. The Labute approximate surface area is 217 Å². The molecular formula is C28H23Cl2OTi. The van der Waals surface area contributed by atoms with Crippen LogP contribution >= 0.6 is 0 Å². The minimum Gasteiger partial charge on any atom is -1.00 e. The van der Waals surface area contributed by atoms with Crippen molar-refractivity contribution in [3.05, 3.63) is 144 Å². The zero-order chi connectivity index (χ0) is 19.9. The molecule has 0 aromatic heterocycles. The van der Waals surface area contributed by atoms with E-state index in [9.17, 15) is 5.11 Å². The first kappa shape index (κ1) is 27.9. The second-order valence-corrected chi connectivity index (χ2v) is 7.02. The van der Waals surface area contributed by atoms with Gasteiger partial charge in [0.15, 0.2) is 0 Å². The molecule has 32 heavy (non-hydrogen) atoms. The van der Waals surface area contributed by atoms with Crippen LogP contribution < -0.4 is 24.8 Å². The Morgan fingerprint density at radius 1 is 0.625 bits per heavy atom. The molecule has 5 rings (SSSR count). The van der Waals surface area contributed by atoms with Crippen molar-refractivity contribution in [2.24, 2.45) is 0 Å². The standard InChI is InChI=1S/C15H11.C13H12O.2ClH.Ti/c1-2-6-12(5-1)15-10-9-13-7-3-4-8-14(13)11-15;14-13(11-7-3-1-4-8-11)12-9-5-2-6-10-12;;;/h1-10,12H;1-10,13-14H;2*1H;/q-1;;;;+3/p-2. The van der Waals surface area contributed by atoms with Crippen LogP contribution in [0.1, 0.15) is 28.7 Å². The topological polar surface area (TPSA) is 20.2 Å². The molecule has 0 saturated heterocycles. The van der Waals surface area contributed by atoms with Gasteiger partial charge >= 0.3 is 21.7 Å². The second kappa shape index (κ2) is 14.1. The van der Waals surface area contributed by atoms with Crippen LogP contribution in [0, 0.1) is 6.07 Å². The Morgan fingerprint density at radius 3 is 1.69 bits per heavy atom. The van der Waals surface area contributed by atoms with Gasteiger partial charge in [-0.2, -0.15) is 0 Å². The maximum atomic E-state index is 9.99. The molecule has 0 amide bonds. The number of hydrogen-bond donors (Lipinski definition) is 1. The smallest absolute Gasteiger partial charge is 1.00 e. The third-order valence-corrected chi connectivity index (χ3v) is 5.02. The molecule has 0 unspecified atom stereocenters. The predicted molar refractivity (Wildman–Crippen MR) is 121 cm³/mol. The van der Waals surface area contributed by atoms with E-state index in [1.165, 1.54) is 16.3 Å². The summed E-state index contributed by atoms with van der Waals surface area (Å²) in [7, 11) is 0. The maximum absolute atomic E-state index is 9.99. The number of aliphatic hydroxyl groups is 1. The van der Waals surface area contributed by atoms with E-state index < -0.39 is 6.10 Å². The zero-order valence-corrected chi connectivity index (χ0v) is 20.5. The number of benzene rings is 4. The summed E-state index contributed by atoms with van der Waals surface area (Å²) in [6.45, 7) is 0. The zero-order valence-electron chi connectivity index (χ0n) is 17.4.